The number of likely N-dealkylation sites (N-methyl/N-ethyl adjacent to an activating group) is 1. The highest BCUT2D eigenvalue weighted by Crippen LogP contribution is 2.48. The van der Waals surface area contributed by atoms with Gasteiger partial charge in [0.25, 0.3) is 0 Å². The molecule has 1 amide bonds. The molecule has 2 heterocycles. The number of nitrogens with zero attached hydrogens (tertiary/aromatic N) is 2. The number of carbonyl (C=O) groups excluding carboxylic acids is 1. The molecule has 2 fully saturated rings. The average Bonchev–Trinajstić information content (AvgIpc) is 2.94. The lowest BCUT2D eigenvalue weighted by Gasteiger charge is -2.35. The number of hydrogen-bond acceptors (Lipinski definition) is 4. The molecule has 3 atom stereocenters. The number of carbonyl (C=O) groups is 2. The van der Waals surface area contributed by atoms with Crippen LogP contribution >= 0.6 is 11.6 Å². The maximum atomic E-state index is 13.3. The van der Waals surface area contributed by atoms with Gasteiger partial charge in [-0.05, 0) is 50.8 Å². The van der Waals surface area contributed by atoms with Gasteiger partial charge in [0.2, 0.25) is 5.91 Å². The first-order valence-corrected chi connectivity index (χ1v) is 9.77. The van der Waals surface area contributed by atoms with Gasteiger partial charge in [0.15, 0.2) is 0 Å². The van der Waals surface area contributed by atoms with Crippen LogP contribution in [0.25, 0.3) is 0 Å². The Morgan fingerprint density at radius 1 is 1.26 bits per heavy atom. The Balaban J connectivity index is 1.92. The van der Waals surface area contributed by atoms with Crippen LogP contribution < -0.4 is 0 Å². The highest BCUT2D eigenvalue weighted by Gasteiger charge is 2.55. The van der Waals surface area contributed by atoms with Crippen LogP contribution in [0.4, 0.5) is 0 Å². The Bertz CT molecular complexity index is 720. The third-order valence-electron chi connectivity index (χ3n) is 6.38. The first-order valence-electron chi connectivity index (χ1n) is 9.40. The number of aliphatic hydroxyl groups is 1. The van der Waals surface area contributed by atoms with Crippen LogP contribution in [0.15, 0.2) is 24.3 Å². The summed E-state index contributed by atoms with van der Waals surface area (Å²) >= 11 is 6.41. The molecule has 0 aromatic heterocycles. The van der Waals surface area contributed by atoms with Crippen LogP contribution in [-0.2, 0) is 9.59 Å². The number of rotatable bonds is 4. The number of amides is 1. The molecule has 0 bridgehead atoms. The van der Waals surface area contributed by atoms with Crippen molar-refractivity contribution in [2.45, 2.75) is 37.8 Å². The lowest BCUT2D eigenvalue weighted by molar-refractivity contribution is -0.148. The predicted octanol–water partition coefficient (Wildman–Crippen LogP) is 2.41. The quantitative estimate of drug-likeness (QED) is 0.819. The van der Waals surface area contributed by atoms with Crippen LogP contribution in [0.2, 0.25) is 5.02 Å². The summed E-state index contributed by atoms with van der Waals surface area (Å²) in [4.78, 5) is 28.9. The van der Waals surface area contributed by atoms with Crippen molar-refractivity contribution in [3.05, 3.63) is 34.9 Å². The topological polar surface area (TPSA) is 81.1 Å². The van der Waals surface area contributed by atoms with E-state index >= 15 is 0 Å². The molecule has 2 N–H and O–H groups in total. The largest absolute Gasteiger partial charge is 0.480 e. The molecule has 0 radical (unpaired) electrons. The summed E-state index contributed by atoms with van der Waals surface area (Å²) in [7, 11) is 1.76. The van der Waals surface area contributed by atoms with E-state index in [0.717, 1.165) is 18.4 Å². The van der Waals surface area contributed by atoms with Crippen LogP contribution in [-0.4, -0.2) is 64.2 Å². The molecule has 148 valence electrons. The van der Waals surface area contributed by atoms with Crippen molar-refractivity contribution in [2.75, 3.05) is 26.7 Å². The minimum atomic E-state index is -1.13. The molecule has 1 aromatic rings. The highest BCUT2D eigenvalue weighted by atomic mass is 35.5. The second-order valence-electron chi connectivity index (χ2n) is 7.92. The molecule has 0 unspecified atom stereocenters. The number of aliphatic carboxylic acids is 1. The van der Waals surface area contributed by atoms with E-state index in [9.17, 15) is 19.8 Å². The fourth-order valence-corrected chi connectivity index (χ4v) is 4.68. The lowest BCUT2D eigenvalue weighted by Crippen LogP contribution is -2.46. The standard InChI is InChI=1S/C20H27ClN2O4/c1-20(19(26)27)11-15(18(25)23-9-7-13(12-24)8-10-23)17(22(20)2)14-5-3-4-6-16(14)21/h3-6,13,15,17,24H,7-12H2,1-2H3,(H,26,27)/t15-,17-,20-/m1/s1. The van der Waals surface area contributed by atoms with Gasteiger partial charge in [-0.3, -0.25) is 14.5 Å². The van der Waals surface area contributed by atoms with Crippen LogP contribution in [0, 0.1) is 11.8 Å². The van der Waals surface area contributed by atoms with Crippen LogP contribution in [0.1, 0.15) is 37.8 Å². The monoisotopic (exact) mass is 394 g/mol. The number of carboxylic acid groups (broad SMARTS) is 1. The third kappa shape index (κ3) is 3.58. The maximum absolute atomic E-state index is 13.3. The third-order valence-corrected chi connectivity index (χ3v) is 6.72. The number of likely N-dealkylation sites (tertiary alicyclic amines) is 2. The summed E-state index contributed by atoms with van der Waals surface area (Å²) in [6.07, 6.45) is 1.79. The zero-order valence-corrected chi connectivity index (χ0v) is 16.5. The zero-order chi connectivity index (χ0) is 19.8. The Hall–Kier alpha value is -1.63. The molecule has 6 nitrogen and oxygen atoms in total. The summed E-state index contributed by atoms with van der Waals surface area (Å²) in [5.41, 5.74) is -0.344. The minimum absolute atomic E-state index is 0.0202. The summed E-state index contributed by atoms with van der Waals surface area (Å²) in [6, 6.07) is 6.95. The van der Waals surface area contributed by atoms with Gasteiger partial charge in [0.05, 0.1) is 5.92 Å². The fourth-order valence-electron chi connectivity index (χ4n) is 4.43. The fraction of sp³-hybridized carbons (Fsp3) is 0.600. The molecule has 0 saturated carbocycles. The van der Waals surface area contributed by atoms with E-state index in [2.05, 4.69) is 0 Å². The zero-order valence-electron chi connectivity index (χ0n) is 15.8. The Morgan fingerprint density at radius 3 is 2.44 bits per heavy atom. The first-order chi connectivity index (χ1) is 12.8. The highest BCUT2D eigenvalue weighted by molar-refractivity contribution is 6.31. The second kappa shape index (κ2) is 7.78. The molecular formula is C20H27ClN2O4. The molecule has 7 heteroatoms. The summed E-state index contributed by atoms with van der Waals surface area (Å²) < 4.78 is 0. The molecule has 2 aliphatic heterocycles. The Morgan fingerprint density at radius 2 is 1.89 bits per heavy atom. The lowest BCUT2D eigenvalue weighted by atomic mass is 9.88. The van der Waals surface area contributed by atoms with Crippen molar-refractivity contribution in [3.8, 4) is 0 Å². The van der Waals surface area contributed by atoms with Crippen molar-refractivity contribution in [3.63, 3.8) is 0 Å². The molecule has 0 spiro atoms. The SMILES string of the molecule is CN1[C@H](c2ccccc2Cl)[C@H](C(=O)N2CCC(CO)CC2)C[C@]1(C)C(=O)O. The molecule has 2 saturated heterocycles. The number of hydrogen-bond donors (Lipinski definition) is 2. The van der Waals surface area contributed by atoms with E-state index in [1.807, 2.05) is 23.1 Å². The molecule has 27 heavy (non-hydrogen) atoms. The van der Waals surface area contributed by atoms with Gasteiger partial charge in [-0.2, -0.15) is 0 Å². The van der Waals surface area contributed by atoms with E-state index in [1.54, 1.807) is 24.9 Å². The van der Waals surface area contributed by atoms with Gasteiger partial charge < -0.3 is 15.1 Å². The van der Waals surface area contributed by atoms with E-state index in [0.29, 0.717) is 18.1 Å². The summed E-state index contributed by atoms with van der Waals surface area (Å²) in [6.45, 7) is 3.02. The van der Waals surface area contributed by atoms with Gasteiger partial charge in [-0.15, -0.1) is 0 Å². The van der Waals surface area contributed by atoms with Gasteiger partial charge >= 0.3 is 5.97 Å². The summed E-state index contributed by atoms with van der Waals surface area (Å²) in [5.74, 6) is -1.19. The van der Waals surface area contributed by atoms with Gasteiger partial charge in [0.1, 0.15) is 5.54 Å². The number of aliphatic hydroxyl groups excluding tert-OH is 1. The van der Waals surface area contributed by atoms with E-state index in [-0.39, 0.29) is 30.9 Å². The van der Waals surface area contributed by atoms with Crippen molar-refractivity contribution in [2.24, 2.45) is 11.8 Å². The van der Waals surface area contributed by atoms with Crippen molar-refractivity contribution >= 4 is 23.5 Å². The minimum Gasteiger partial charge on any atom is -0.480 e. The second-order valence-corrected chi connectivity index (χ2v) is 8.33. The number of benzene rings is 1. The van der Waals surface area contributed by atoms with Crippen molar-refractivity contribution in [1.29, 1.82) is 0 Å². The Kier molecular flexibility index (Phi) is 5.79. The molecular weight excluding hydrogens is 368 g/mol. The van der Waals surface area contributed by atoms with Crippen LogP contribution in [0.3, 0.4) is 0 Å². The van der Waals surface area contributed by atoms with Crippen LogP contribution in [0.5, 0.6) is 0 Å². The van der Waals surface area contributed by atoms with E-state index < -0.39 is 17.4 Å². The van der Waals surface area contributed by atoms with E-state index in [4.69, 9.17) is 11.6 Å². The van der Waals surface area contributed by atoms with Crippen molar-refractivity contribution < 1.29 is 19.8 Å². The number of piperidine rings is 1. The van der Waals surface area contributed by atoms with Gasteiger partial charge in [-0.25, -0.2) is 0 Å². The van der Waals surface area contributed by atoms with Crippen molar-refractivity contribution in [1.82, 2.24) is 9.80 Å². The normalized spacial score (nSPS) is 29.9. The molecule has 0 aliphatic carbocycles. The smallest absolute Gasteiger partial charge is 0.323 e. The summed E-state index contributed by atoms with van der Waals surface area (Å²) in [5, 5.41) is 19.7. The average molecular weight is 395 g/mol. The van der Waals surface area contributed by atoms with E-state index in [1.165, 1.54) is 0 Å². The molecule has 3 rings (SSSR count). The number of carboxylic acids is 1. The maximum Gasteiger partial charge on any atom is 0.323 e. The number of halogens is 1. The predicted molar refractivity (Wildman–Crippen MR) is 102 cm³/mol. The molecule has 1 aromatic carbocycles. The van der Waals surface area contributed by atoms with Gasteiger partial charge in [-0.1, -0.05) is 29.8 Å². The van der Waals surface area contributed by atoms with Gasteiger partial charge in [0, 0.05) is 30.8 Å². The molecule has 2 aliphatic rings. The first kappa shape index (κ1) is 20.1. The Labute approximate surface area is 164 Å².